The summed E-state index contributed by atoms with van der Waals surface area (Å²) in [6, 6.07) is 8.23. The maximum Gasteiger partial charge on any atom is 0.265 e. The van der Waals surface area contributed by atoms with Gasteiger partial charge >= 0.3 is 0 Å². The van der Waals surface area contributed by atoms with Crippen LogP contribution in [0.2, 0.25) is 0 Å². The predicted octanol–water partition coefficient (Wildman–Crippen LogP) is 2.74. The number of rotatable bonds is 1. The van der Waals surface area contributed by atoms with E-state index in [-0.39, 0.29) is 12.5 Å². The number of fused-ring (bicyclic) bond motifs is 1. The van der Waals surface area contributed by atoms with Crippen LogP contribution in [0.3, 0.4) is 0 Å². The first-order valence-electron chi connectivity index (χ1n) is 6.40. The number of amides is 1. The lowest BCUT2D eigenvalue weighted by atomic mass is 9.93. The van der Waals surface area contributed by atoms with E-state index in [1.54, 1.807) is 0 Å². The number of hydrogen-bond acceptors (Lipinski definition) is 2. The van der Waals surface area contributed by atoms with Gasteiger partial charge in [0, 0.05) is 6.04 Å². The van der Waals surface area contributed by atoms with Gasteiger partial charge in [-0.15, -0.1) is 0 Å². The Hall–Kier alpha value is -1.51. The minimum absolute atomic E-state index is 0.107. The molecule has 1 aliphatic carbocycles. The average molecular weight is 231 g/mol. The summed E-state index contributed by atoms with van der Waals surface area (Å²) >= 11 is 0. The van der Waals surface area contributed by atoms with Crippen molar-refractivity contribution in [3.63, 3.8) is 0 Å². The highest BCUT2D eigenvalue weighted by Crippen LogP contribution is 2.36. The number of ether oxygens (including phenoxy) is 1. The van der Waals surface area contributed by atoms with Gasteiger partial charge < -0.3 is 9.64 Å². The van der Waals surface area contributed by atoms with E-state index < -0.39 is 0 Å². The van der Waals surface area contributed by atoms with Gasteiger partial charge in [-0.05, 0) is 25.0 Å². The van der Waals surface area contributed by atoms with E-state index in [0.717, 1.165) is 24.3 Å². The molecule has 1 amide bonds. The topological polar surface area (TPSA) is 29.5 Å². The van der Waals surface area contributed by atoms with E-state index in [1.807, 2.05) is 29.2 Å². The maximum atomic E-state index is 12.1. The lowest BCUT2D eigenvalue weighted by Gasteiger charge is -2.37. The lowest BCUT2D eigenvalue weighted by molar-refractivity contribution is -0.122. The van der Waals surface area contributed by atoms with E-state index in [4.69, 9.17) is 4.74 Å². The SMILES string of the molecule is O=C1COc2ccccc2N1C1CCCCC1. The third-order valence-corrected chi connectivity index (χ3v) is 3.68. The van der Waals surface area contributed by atoms with Crippen LogP contribution in [0.5, 0.6) is 5.75 Å². The first-order valence-corrected chi connectivity index (χ1v) is 6.40. The Balaban J connectivity index is 1.94. The second-order valence-corrected chi connectivity index (χ2v) is 4.81. The van der Waals surface area contributed by atoms with Gasteiger partial charge in [0.15, 0.2) is 6.61 Å². The predicted molar refractivity (Wildman–Crippen MR) is 66.3 cm³/mol. The van der Waals surface area contributed by atoms with E-state index >= 15 is 0 Å². The highest BCUT2D eigenvalue weighted by molar-refractivity contribution is 5.98. The second-order valence-electron chi connectivity index (χ2n) is 4.81. The second kappa shape index (κ2) is 4.40. The fourth-order valence-corrected chi connectivity index (χ4v) is 2.86. The number of nitrogens with zero attached hydrogens (tertiary/aromatic N) is 1. The lowest BCUT2D eigenvalue weighted by Crippen LogP contribution is -2.46. The average Bonchev–Trinajstić information content (AvgIpc) is 2.39. The normalized spacial score (nSPS) is 20.9. The number of para-hydroxylation sites is 2. The Morgan fingerprint density at radius 1 is 1.12 bits per heavy atom. The van der Waals surface area contributed by atoms with Crippen molar-refractivity contribution in [1.29, 1.82) is 0 Å². The third-order valence-electron chi connectivity index (χ3n) is 3.68. The fourth-order valence-electron chi connectivity index (χ4n) is 2.86. The Morgan fingerprint density at radius 3 is 2.71 bits per heavy atom. The first-order chi connectivity index (χ1) is 8.36. The molecular weight excluding hydrogens is 214 g/mol. The van der Waals surface area contributed by atoms with E-state index in [1.165, 1.54) is 19.3 Å². The van der Waals surface area contributed by atoms with Crippen LogP contribution in [-0.4, -0.2) is 18.6 Å². The Kier molecular flexibility index (Phi) is 2.75. The third kappa shape index (κ3) is 1.90. The minimum Gasteiger partial charge on any atom is -0.482 e. The highest BCUT2D eigenvalue weighted by Gasteiger charge is 2.31. The number of carbonyl (C=O) groups excluding carboxylic acids is 1. The number of hydrogen-bond donors (Lipinski definition) is 0. The van der Waals surface area contributed by atoms with Crippen molar-refractivity contribution >= 4 is 11.6 Å². The van der Waals surface area contributed by atoms with Gasteiger partial charge in [-0.1, -0.05) is 31.4 Å². The van der Waals surface area contributed by atoms with Crippen molar-refractivity contribution in [2.75, 3.05) is 11.5 Å². The molecule has 1 aliphatic heterocycles. The molecule has 0 atom stereocenters. The van der Waals surface area contributed by atoms with Crippen LogP contribution in [0.1, 0.15) is 32.1 Å². The van der Waals surface area contributed by atoms with Crippen molar-refractivity contribution in [1.82, 2.24) is 0 Å². The summed E-state index contributed by atoms with van der Waals surface area (Å²) in [5, 5.41) is 0. The van der Waals surface area contributed by atoms with Crippen LogP contribution in [0.15, 0.2) is 24.3 Å². The summed E-state index contributed by atoms with van der Waals surface area (Å²) in [6.45, 7) is 0.188. The molecule has 1 saturated carbocycles. The smallest absolute Gasteiger partial charge is 0.265 e. The van der Waals surface area contributed by atoms with E-state index in [9.17, 15) is 4.79 Å². The van der Waals surface area contributed by atoms with Crippen molar-refractivity contribution < 1.29 is 9.53 Å². The van der Waals surface area contributed by atoms with Crippen LogP contribution in [0.4, 0.5) is 5.69 Å². The van der Waals surface area contributed by atoms with Crippen LogP contribution in [-0.2, 0) is 4.79 Å². The zero-order valence-electron chi connectivity index (χ0n) is 9.89. The highest BCUT2D eigenvalue weighted by atomic mass is 16.5. The maximum absolute atomic E-state index is 12.1. The number of anilines is 1. The fraction of sp³-hybridized carbons (Fsp3) is 0.500. The van der Waals surface area contributed by atoms with Gasteiger partial charge in [0.2, 0.25) is 0 Å². The number of benzene rings is 1. The molecule has 3 heteroatoms. The summed E-state index contributed by atoms with van der Waals surface area (Å²) in [5.74, 6) is 0.952. The summed E-state index contributed by atoms with van der Waals surface area (Å²) in [7, 11) is 0. The molecule has 1 aromatic rings. The van der Waals surface area contributed by atoms with Crippen molar-refractivity contribution in [3.05, 3.63) is 24.3 Å². The number of carbonyl (C=O) groups is 1. The molecular formula is C14H17NO2. The molecule has 1 aromatic carbocycles. The summed E-state index contributed by atoms with van der Waals surface area (Å²) in [5.41, 5.74) is 0.954. The van der Waals surface area contributed by atoms with Gasteiger partial charge in [0.1, 0.15) is 5.75 Å². The van der Waals surface area contributed by atoms with Gasteiger partial charge in [-0.25, -0.2) is 0 Å². The summed E-state index contributed by atoms with van der Waals surface area (Å²) in [4.78, 5) is 14.0. The van der Waals surface area contributed by atoms with Crippen LogP contribution in [0.25, 0.3) is 0 Å². The quantitative estimate of drug-likeness (QED) is 0.743. The molecule has 0 radical (unpaired) electrons. The minimum atomic E-state index is 0.107. The van der Waals surface area contributed by atoms with Crippen molar-refractivity contribution in [2.24, 2.45) is 0 Å². The molecule has 0 N–H and O–H groups in total. The Morgan fingerprint density at radius 2 is 1.88 bits per heavy atom. The molecule has 2 aliphatic rings. The molecule has 17 heavy (non-hydrogen) atoms. The van der Waals surface area contributed by atoms with Gasteiger partial charge in [-0.2, -0.15) is 0 Å². The molecule has 0 saturated heterocycles. The molecule has 1 heterocycles. The van der Waals surface area contributed by atoms with Crippen LogP contribution in [0, 0.1) is 0 Å². The van der Waals surface area contributed by atoms with Gasteiger partial charge in [0.05, 0.1) is 5.69 Å². The summed E-state index contributed by atoms with van der Waals surface area (Å²) in [6.07, 6.45) is 6.02. The summed E-state index contributed by atoms with van der Waals surface area (Å²) < 4.78 is 5.47. The van der Waals surface area contributed by atoms with Gasteiger partial charge in [-0.3, -0.25) is 4.79 Å². The molecule has 0 aromatic heterocycles. The van der Waals surface area contributed by atoms with Crippen molar-refractivity contribution in [2.45, 2.75) is 38.1 Å². The zero-order chi connectivity index (χ0) is 11.7. The molecule has 3 nitrogen and oxygen atoms in total. The Labute approximate surface area is 101 Å². The zero-order valence-corrected chi connectivity index (χ0v) is 9.89. The molecule has 90 valence electrons. The Bertz CT molecular complexity index is 424. The van der Waals surface area contributed by atoms with Crippen LogP contribution < -0.4 is 9.64 Å². The molecule has 0 unspecified atom stereocenters. The molecule has 1 fully saturated rings. The standard InChI is InChI=1S/C14H17NO2/c16-14-10-17-13-9-5-4-8-12(13)15(14)11-6-2-1-3-7-11/h4-5,8-9,11H,1-3,6-7,10H2. The van der Waals surface area contributed by atoms with Crippen molar-refractivity contribution in [3.8, 4) is 5.75 Å². The van der Waals surface area contributed by atoms with E-state index in [2.05, 4.69) is 0 Å². The monoisotopic (exact) mass is 231 g/mol. The first kappa shape index (κ1) is 10.6. The molecule has 3 rings (SSSR count). The van der Waals surface area contributed by atoms with E-state index in [0.29, 0.717) is 6.04 Å². The largest absolute Gasteiger partial charge is 0.482 e. The molecule has 0 spiro atoms. The van der Waals surface area contributed by atoms with Gasteiger partial charge in [0.25, 0.3) is 5.91 Å². The molecule has 0 bridgehead atoms. The van der Waals surface area contributed by atoms with Crippen LogP contribution >= 0.6 is 0 Å².